The van der Waals surface area contributed by atoms with E-state index in [1.54, 1.807) is 41.3 Å². The van der Waals surface area contributed by atoms with Crippen molar-refractivity contribution in [2.24, 2.45) is 0 Å². The predicted molar refractivity (Wildman–Crippen MR) is 130 cm³/mol. The van der Waals surface area contributed by atoms with Crippen molar-refractivity contribution in [2.45, 2.75) is 12.5 Å². The number of amides is 3. The minimum atomic E-state index is -0.551. The number of fused-ring (bicyclic) bond motifs is 4. The zero-order valence-electron chi connectivity index (χ0n) is 19.0. The summed E-state index contributed by atoms with van der Waals surface area (Å²) >= 11 is 0. The number of aromatic nitrogens is 1. The van der Waals surface area contributed by atoms with Gasteiger partial charge in [-0.2, -0.15) is 0 Å². The van der Waals surface area contributed by atoms with Gasteiger partial charge in [0.1, 0.15) is 6.54 Å². The molecule has 0 aliphatic carbocycles. The standard InChI is InChI=1S/C27H20N4O5/c32-23(15-30-26(33)20-6-1-2-7-21(20)27(30)34)29-14-13-19-18-5-3-4-8-22(18)28-24(19)25(29)16-9-11-17(12-10-16)31(35)36/h1-12,25,28H,13-15H2. The lowest BCUT2D eigenvalue weighted by Gasteiger charge is -2.37. The number of hydrogen-bond acceptors (Lipinski definition) is 5. The van der Waals surface area contributed by atoms with Crippen molar-refractivity contribution in [3.8, 4) is 0 Å². The van der Waals surface area contributed by atoms with E-state index in [9.17, 15) is 24.5 Å². The van der Waals surface area contributed by atoms with Gasteiger partial charge in [0, 0.05) is 35.3 Å². The van der Waals surface area contributed by atoms with Gasteiger partial charge in [0.25, 0.3) is 17.5 Å². The maximum absolute atomic E-state index is 13.6. The molecule has 1 atom stereocenters. The van der Waals surface area contributed by atoms with Gasteiger partial charge in [0.05, 0.1) is 22.1 Å². The molecule has 1 aromatic heterocycles. The molecule has 9 heteroatoms. The highest BCUT2D eigenvalue weighted by molar-refractivity contribution is 6.22. The van der Waals surface area contributed by atoms with Crippen LogP contribution in [0.5, 0.6) is 0 Å². The highest BCUT2D eigenvalue weighted by atomic mass is 16.6. The number of nitrogens with zero attached hydrogens (tertiary/aromatic N) is 3. The van der Waals surface area contributed by atoms with Crippen LogP contribution >= 0.6 is 0 Å². The SMILES string of the molecule is O=C1c2ccccc2C(=O)N1CC(=O)N1CCc2c([nH]c3ccccc23)C1c1ccc([N+](=O)[O-])cc1. The molecule has 0 saturated carbocycles. The first-order valence-corrected chi connectivity index (χ1v) is 11.5. The molecule has 0 radical (unpaired) electrons. The molecule has 36 heavy (non-hydrogen) atoms. The van der Waals surface area contributed by atoms with Crippen LogP contribution in [0.3, 0.4) is 0 Å². The summed E-state index contributed by atoms with van der Waals surface area (Å²) in [4.78, 5) is 56.1. The lowest BCUT2D eigenvalue weighted by molar-refractivity contribution is -0.384. The number of nitrogens with one attached hydrogen (secondary N) is 1. The van der Waals surface area contributed by atoms with Crippen molar-refractivity contribution < 1.29 is 19.3 Å². The quantitative estimate of drug-likeness (QED) is 0.271. The van der Waals surface area contributed by atoms with E-state index in [0.717, 1.165) is 27.1 Å². The Hall–Kier alpha value is -4.79. The number of rotatable bonds is 4. The number of carbonyl (C=O) groups excluding carboxylic acids is 3. The number of para-hydroxylation sites is 1. The van der Waals surface area contributed by atoms with Crippen LogP contribution < -0.4 is 0 Å². The first-order valence-electron chi connectivity index (χ1n) is 11.5. The van der Waals surface area contributed by atoms with Crippen molar-refractivity contribution in [2.75, 3.05) is 13.1 Å². The fraction of sp³-hybridized carbons (Fsp3) is 0.148. The van der Waals surface area contributed by atoms with E-state index in [0.29, 0.717) is 29.7 Å². The van der Waals surface area contributed by atoms with E-state index in [-0.39, 0.29) is 18.1 Å². The molecule has 3 heterocycles. The molecule has 2 aliphatic heterocycles. The molecular weight excluding hydrogens is 460 g/mol. The number of imide groups is 1. The third kappa shape index (κ3) is 3.28. The number of nitro benzene ring substituents is 1. The molecule has 0 saturated heterocycles. The minimum Gasteiger partial charge on any atom is -0.356 e. The van der Waals surface area contributed by atoms with E-state index in [2.05, 4.69) is 4.98 Å². The fourth-order valence-electron chi connectivity index (χ4n) is 5.24. The van der Waals surface area contributed by atoms with Crippen molar-refractivity contribution >= 4 is 34.3 Å². The number of H-pyrrole nitrogens is 1. The van der Waals surface area contributed by atoms with Crippen LogP contribution in [0.4, 0.5) is 5.69 Å². The number of carbonyl (C=O) groups is 3. The van der Waals surface area contributed by atoms with Gasteiger partial charge in [-0.05, 0) is 47.9 Å². The largest absolute Gasteiger partial charge is 0.356 e. The van der Waals surface area contributed by atoms with Gasteiger partial charge in [0.15, 0.2) is 0 Å². The summed E-state index contributed by atoms with van der Waals surface area (Å²) in [5.41, 5.74) is 4.08. The Morgan fingerprint density at radius 1 is 0.944 bits per heavy atom. The Morgan fingerprint density at radius 3 is 2.25 bits per heavy atom. The molecule has 3 aromatic carbocycles. The van der Waals surface area contributed by atoms with E-state index in [4.69, 9.17) is 0 Å². The molecule has 1 N–H and O–H groups in total. The van der Waals surface area contributed by atoms with Gasteiger partial charge >= 0.3 is 0 Å². The molecule has 4 aromatic rings. The zero-order valence-corrected chi connectivity index (χ0v) is 19.0. The summed E-state index contributed by atoms with van der Waals surface area (Å²) in [5.74, 6) is -1.35. The Bertz CT molecular complexity index is 1540. The Kier molecular flexibility index (Phi) is 4.92. The van der Waals surface area contributed by atoms with Crippen LogP contribution in [0.2, 0.25) is 0 Å². The lowest BCUT2D eigenvalue weighted by atomic mass is 9.92. The van der Waals surface area contributed by atoms with Gasteiger partial charge in [0.2, 0.25) is 5.91 Å². The smallest absolute Gasteiger partial charge is 0.269 e. The third-order valence-corrected chi connectivity index (χ3v) is 6.95. The third-order valence-electron chi connectivity index (χ3n) is 6.95. The van der Waals surface area contributed by atoms with Crippen LogP contribution in [-0.2, 0) is 11.2 Å². The summed E-state index contributed by atoms with van der Waals surface area (Å²) < 4.78 is 0. The average molecular weight is 480 g/mol. The van der Waals surface area contributed by atoms with Crippen molar-refractivity contribution in [1.29, 1.82) is 0 Å². The van der Waals surface area contributed by atoms with Crippen LogP contribution in [0.15, 0.2) is 72.8 Å². The van der Waals surface area contributed by atoms with Gasteiger partial charge in [-0.1, -0.05) is 30.3 Å². The fourth-order valence-corrected chi connectivity index (χ4v) is 5.24. The maximum atomic E-state index is 13.6. The van der Waals surface area contributed by atoms with Gasteiger partial charge < -0.3 is 9.88 Å². The number of non-ortho nitro benzene ring substituents is 1. The Morgan fingerprint density at radius 2 is 1.58 bits per heavy atom. The first kappa shape index (κ1) is 21.7. The minimum absolute atomic E-state index is 0.0460. The van der Waals surface area contributed by atoms with E-state index >= 15 is 0 Å². The number of hydrogen-bond donors (Lipinski definition) is 1. The molecular formula is C27H20N4O5. The topological polar surface area (TPSA) is 117 Å². The van der Waals surface area contributed by atoms with Crippen LogP contribution in [0.25, 0.3) is 10.9 Å². The molecule has 1 unspecified atom stereocenters. The lowest BCUT2D eigenvalue weighted by Crippen LogP contribution is -2.47. The summed E-state index contributed by atoms with van der Waals surface area (Å²) in [6, 6.07) is 20.0. The van der Waals surface area contributed by atoms with Crippen LogP contribution in [0, 0.1) is 10.1 Å². The molecule has 0 bridgehead atoms. The first-order chi connectivity index (χ1) is 17.4. The molecule has 0 fully saturated rings. The Labute approximate surface area is 205 Å². The predicted octanol–water partition coefficient (Wildman–Crippen LogP) is 3.85. The van der Waals surface area contributed by atoms with Crippen LogP contribution in [0.1, 0.15) is 43.6 Å². The van der Waals surface area contributed by atoms with Crippen molar-refractivity contribution in [3.05, 3.63) is 111 Å². The van der Waals surface area contributed by atoms with Crippen molar-refractivity contribution in [3.63, 3.8) is 0 Å². The normalized spacial score (nSPS) is 16.8. The molecule has 2 aliphatic rings. The average Bonchev–Trinajstić information content (AvgIpc) is 3.39. The van der Waals surface area contributed by atoms with Gasteiger partial charge in [-0.25, -0.2) is 0 Å². The van der Waals surface area contributed by atoms with Crippen molar-refractivity contribution in [1.82, 2.24) is 14.8 Å². The summed E-state index contributed by atoms with van der Waals surface area (Å²) in [7, 11) is 0. The van der Waals surface area contributed by atoms with Crippen LogP contribution in [-0.4, -0.2) is 50.5 Å². The maximum Gasteiger partial charge on any atom is 0.269 e. The molecule has 178 valence electrons. The highest BCUT2D eigenvalue weighted by Crippen LogP contribution is 2.39. The molecule has 3 amide bonds. The monoisotopic (exact) mass is 480 g/mol. The second-order valence-corrected chi connectivity index (χ2v) is 8.89. The molecule has 9 nitrogen and oxygen atoms in total. The van der Waals surface area contributed by atoms with E-state index in [1.165, 1.54) is 12.1 Å². The zero-order chi connectivity index (χ0) is 25.0. The second-order valence-electron chi connectivity index (χ2n) is 8.89. The Balaban J connectivity index is 1.38. The second kappa shape index (κ2) is 8.16. The van der Waals surface area contributed by atoms with Gasteiger partial charge in [-0.3, -0.25) is 29.4 Å². The summed E-state index contributed by atoms with van der Waals surface area (Å²) in [6.07, 6.45) is 0.594. The van der Waals surface area contributed by atoms with E-state index in [1.807, 2.05) is 24.3 Å². The number of nitro groups is 1. The van der Waals surface area contributed by atoms with Gasteiger partial charge in [-0.15, -0.1) is 0 Å². The van der Waals surface area contributed by atoms with E-state index < -0.39 is 22.8 Å². The number of aromatic amines is 1. The molecule has 6 rings (SSSR count). The highest BCUT2D eigenvalue weighted by Gasteiger charge is 2.40. The molecule has 0 spiro atoms. The number of benzene rings is 3. The summed E-state index contributed by atoms with van der Waals surface area (Å²) in [6.45, 7) is -0.0100. The summed E-state index contributed by atoms with van der Waals surface area (Å²) in [5, 5.41) is 12.3.